The molecular weight excluding hydrogens is 280 g/mol. The number of nitrogens with one attached hydrogen (secondary N) is 1. The maximum absolute atomic E-state index is 11.6. The van der Waals surface area contributed by atoms with Crippen LogP contribution in [-0.4, -0.2) is 33.4 Å². The number of thiazole rings is 1. The van der Waals surface area contributed by atoms with Crippen LogP contribution in [0.15, 0.2) is 12.4 Å². The van der Waals surface area contributed by atoms with E-state index in [1.165, 1.54) is 14.0 Å². The average Bonchev–Trinajstić information content (AvgIpc) is 3.01. The number of methoxy groups -OCH3 is 1. The molecule has 0 radical (unpaired) electrons. The fraction of sp³-hybridized carbons (Fsp3) is 0.333. The van der Waals surface area contributed by atoms with Crippen molar-refractivity contribution < 1.29 is 14.3 Å². The van der Waals surface area contributed by atoms with Crippen LogP contribution in [0.1, 0.15) is 32.9 Å². The maximum atomic E-state index is 11.6. The van der Waals surface area contributed by atoms with Crippen LogP contribution < -0.4 is 5.32 Å². The molecule has 0 bridgehead atoms. The van der Waals surface area contributed by atoms with E-state index in [4.69, 9.17) is 0 Å². The quantitative estimate of drug-likeness (QED) is 0.664. The number of hydrogen-bond donors (Lipinski definition) is 1. The van der Waals surface area contributed by atoms with E-state index >= 15 is 0 Å². The van der Waals surface area contributed by atoms with Crippen molar-refractivity contribution in [3.63, 3.8) is 0 Å². The molecule has 106 valence electrons. The lowest BCUT2D eigenvalue weighted by Crippen LogP contribution is -2.08. The minimum Gasteiger partial charge on any atom is -0.464 e. The minimum absolute atomic E-state index is 0.0485. The molecule has 0 unspecified atom stereocenters. The minimum atomic E-state index is -0.614. The van der Waals surface area contributed by atoms with Gasteiger partial charge in [-0.3, -0.25) is 4.79 Å². The summed E-state index contributed by atoms with van der Waals surface area (Å²) in [7, 11) is 3.14. The third-order valence-electron chi connectivity index (χ3n) is 2.64. The summed E-state index contributed by atoms with van der Waals surface area (Å²) in [6.45, 7) is 1.84. The largest absolute Gasteiger partial charge is 0.464 e. The molecule has 1 N–H and O–H groups in total. The lowest BCUT2D eigenvalue weighted by molar-refractivity contribution is 0.0591. The number of ketones is 1. The molecule has 2 aromatic rings. The Hall–Kier alpha value is -2.22. The Morgan fingerprint density at radius 2 is 2.25 bits per heavy atom. The van der Waals surface area contributed by atoms with Crippen LogP contribution in [-0.2, 0) is 18.3 Å². The SMILES string of the molecule is COC(=O)c1nc(NCc2nccn2C)sc1C(C)=O. The highest BCUT2D eigenvalue weighted by molar-refractivity contribution is 7.17. The number of aryl methyl sites for hydroxylation is 1. The molecule has 0 spiro atoms. The van der Waals surface area contributed by atoms with Crippen LogP contribution in [0.5, 0.6) is 0 Å². The van der Waals surface area contributed by atoms with E-state index in [-0.39, 0.29) is 11.5 Å². The van der Waals surface area contributed by atoms with Gasteiger partial charge < -0.3 is 14.6 Å². The van der Waals surface area contributed by atoms with Gasteiger partial charge in [-0.2, -0.15) is 0 Å². The Morgan fingerprint density at radius 3 is 2.80 bits per heavy atom. The lowest BCUT2D eigenvalue weighted by Gasteiger charge is -2.02. The summed E-state index contributed by atoms with van der Waals surface area (Å²) in [5.74, 6) is -0.00590. The van der Waals surface area contributed by atoms with Crippen LogP contribution in [0.2, 0.25) is 0 Å². The molecule has 0 aliphatic rings. The molecule has 8 heteroatoms. The fourth-order valence-corrected chi connectivity index (χ4v) is 2.43. The monoisotopic (exact) mass is 294 g/mol. The highest BCUT2D eigenvalue weighted by Crippen LogP contribution is 2.24. The number of anilines is 1. The van der Waals surface area contributed by atoms with Crippen molar-refractivity contribution in [1.29, 1.82) is 0 Å². The Balaban J connectivity index is 2.19. The molecule has 2 rings (SSSR count). The molecular formula is C12H14N4O3S. The number of ether oxygens (including phenoxy) is 1. The van der Waals surface area contributed by atoms with Crippen molar-refractivity contribution in [3.8, 4) is 0 Å². The number of carbonyl (C=O) groups is 2. The van der Waals surface area contributed by atoms with Crippen LogP contribution in [0, 0.1) is 0 Å². The molecule has 7 nitrogen and oxygen atoms in total. The Kier molecular flexibility index (Phi) is 4.14. The number of hydrogen-bond acceptors (Lipinski definition) is 7. The van der Waals surface area contributed by atoms with E-state index in [1.54, 1.807) is 6.20 Å². The van der Waals surface area contributed by atoms with Crippen molar-refractivity contribution in [2.45, 2.75) is 13.5 Å². The summed E-state index contributed by atoms with van der Waals surface area (Å²) in [6, 6.07) is 0. The molecule has 0 atom stereocenters. The number of rotatable bonds is 5. The molecule has 0 aliphatic carbocycles. The molecule has 0 fully saturated rings. The summed E-state index contributed by atoms with van der Waals surface area (Å²) < 4.78 is 6.49. The van der Waals surface area contributed by atoms with Gasteiger partial charge in [0.15, 0.2) is 16.6 Å². The van der Waals surface area contributed by atoms with Crippen LogP contribution in [0.4, 0.5) is 5.13 Å². The van der Waals surface area contributed by atoms with E-state index in [0.29, 0.717) is 16.6 Å². The summed E-state index contributed by atoms with van der Waals surface area (Å²) in [4.78, 5) is 31.6. The van der Waals surface area contributed by atoms with Gasteiger partial charge in [0.25, 0.3) is 0 Å². The van der Waals surface area contributed by atoms with E-state index in [1.807, 2.05) is 17.8 Å². The van der Waals surface area contributed by atoms with Crippen LogP contribution in [0.3, 0.4) is 0 Å². The number of esters is 1. The predicted molar refractivity (Wildman–Crippen MR) is 74.0 cm³/mol. The first-order valence-corrected chi connectivity index (χ1v) is 6.64. The molecule has 0 aromatic carbocycles. The number of nitrogens with zero attached hydrogens (tertiary/aromatic N) is 3. The zero-order valence-corrected chi connectivity index (χ0v) is 12.2. The summed E-state index contributed by atoms with van der Waals surface area (Å²) >= 11 is 1.13. The highest BCUT2D eigenvalue weighted by atomic mass is 32.1. The number of aromatic nitrogens is 3. The van der Waals surface area contributed by atoms with E-state index < -0.39 is 5.97 Å². The van der Waals surface area contributed by atoms with Crippen molar-refractivity contribution in [1.82, 2.24) is 14.5 Å². The molecule has 2 aromatic heterocycles. The third kappa shape index (κ3) is 2.85. The second-order valence-corrected chi connectivity index (χ2v) is 5.05. The van der Waals surface area contributed by atoms with Crippen molar-refractivity contribution in [3.05, 3.63) is 28.8 Å². The lowest BCUT2D eigenvalue weighted by atomic mass is 10.3. The second kappa shape index (κ2) is 5.83. The van der Waals surface area contributed by atoms with Gasteiger partial charge in [0.05, 0.1) is 13.7 Å². The van der Waals surface area contributed by atoms with Gasteiger partial charge >= 0.3 is 5.97 Å². The van der Waals surface area contributed by atoms with Gasteiger partial charge in [0.2, 0.25) is 0 Å². The predicted octanol–water partition coefficient (Wildman–Crippen LogP) is 1.48. The van der Waals surface area contributed by atoms with Gasteiger partial charge in [0, 0.05) is 26.4 Å². The summed E-state index contributed by atoms with van der Waals surface area (Å²) in [6.07, 6.45) is 3.53. The van der Waals surface area contributed by atoms with Crippen molar-refractivity contribution in [2.75, 3.05) is 12.4 Å². The zero-order chi connectivity index (χ0) is 14.7. The first-order chi connectivity index (χ1) is 9.52. The number of carbonyl (C=O) groups excluding carboxylic acids is 2. The second-order valence-electron chi connectivity index (χ2n) is 4.05. The molecule has 2 heterocycles. The van der Waals surface area contributed by atoms with Crippen LogP contribution in [0.25, 0.3) is 0 Å². The molecule has 0 aliphatic heterocycles. The zero-order valence-electron chi connectivity index (χ0n) is 11.3. The molecule has 0 saturated heterocycles. The first kappa shape index (κ1) is 14.2. The molecule has 0 saturated carbocycles. The number of imidazole rings is 1. The average molecular weight is 294 g/mol. The Morgan fingerprint density at radius 1 is 1.50 bits per heavy atom. The number of Topliss-reactive ketones (excluding diaryl/α,β-unsaturated/α-hetero) is 1. The van der Waals surface area contributed by atoms with E-state index in [9.17, 15) is 9.59 Å². The summed E-state index contributed by atoms with van der Waals surface area (Å²) in [5.41, 5.74) is 0.0485. The molecule has 20 heavy (non-hydrogen) atoms. The Bertz CT molecular complexity index is 647. The maximum Gasteiger partial charge on any atom is 0.358 e. The van der Waals surface area contributed by atoms with Crippen LogP contribution >= 0.6 is 11.3 Å². The van der Waals surface area contributed by atoms with Gasteiger partial charge in [-0.1, -0.05) is 11.3 Å². The topological polar surface area (TPSA) is 86.1 Å². The van der Waals surface area contributed by atoms with Crippen molar-refractivity contribution in [2.24, 2.45) is 7.05 Å². The van der Waals surface area contributed by atoms with Gasteiger partial charge in [-0.15, -0.1) is 0 Å². The van der Waals surface area contributed by atoms with Gasteiger partial charge in [-0.25, -0.2) is 14.8 Å². The standard InChI is InChI=1S/C12H14N4O3S/c1-7(17)10-9(11(18)19-3)15-12(20-10)14-6-8-13-4-5-16(8)2/h4-5H,6H2,1-3H3,(H,14,15). The van der Waals surface area contributed by atoms with E-state index in [0.717, 1.165) is 17.2 Å². The first-order valence-electron chi connectivity index (χ1n) is 5.83. The fourth-order valence-electron chi connectivity index (χ4n) is 1.59. The third-order valence-corrected chi connectivity index (χ3v) is 3.76. The van der Waals surface area contributed by atoms with Gasteiger partial charge in [-0.05, 0) is 0 Å². The highest BCUT2D eigenvalue weighted by Gasteiger charge is 2.21. The Labute approximate surface area is 119 Å². The van der Waals surface area contributed by atoms with Gasteiger partial charge in [0.1, 0.15) is 10.7 Å². The summed E-state index contributed by atoms with van der Waals surface area (Å²) in [5, 5.41) is 3.53. The van der Waals surface area contributed by atoms with Crippen molar-refractivity contribution >= 4 is 28.2 Å². The molecule has 0 amide bonds. The smallest absolute Gasteiger partial charge is 0.358 e. The normalized spacial score (nSPS) is 10.3. The van der Waals surface area contributed by atoms with E-state index in [2.05, 4.69) is 20.0 Å².